The van der Waals surface area contributed by atoms with Gasteiger partial charge in [0.05, 0.1) is 6.04 Å². The van der Waals surface area contributed by atoms with Gasteiger partial charge in [-0.1, -0.05) is 0 Å². The van der Waals surface area contributed by atoms with Crippen molar-refractivity contribution in [1.82, 2.24) is 5.43 Å². The van der Waals surface area contributed by atoms with Crippen LogP contribution in [0, 0.1) is 5.82 Å². The molecule has 5 heteroatoms. The molecule has 0 saturated heterocycles. The molecule has 0 aliphatic heterocycles. The lowest BCUT2D eigenvalue weighted by Crippen LogP contribution is -2.31. The van der Waals surface area contributed by atoms with Gasteiger partial charge < -0.3 is 5.43 Å². The predicted molar refractivity (Wildman–Crippen MR) is 61.0 cm³/mol. The Morgan fingerprint density at radius 2 is 2.27 bits per heavy atom. The third-order valence-electron chi connectivity index (χ3n) is 2.18. The van der Waals surface area contributed by atoms with E-state index in [0.29, 0.717) is 16.4 Å². The largest absolute Gasteiger partial charge is 0.308 e. The fraction of sp³-hybridized carbons (Fsp3) is 0.300. The molecule has 0 heterocycles. The first-order chi connectivity index (χ1) is 7.20. The minimum Gasteiger partial charge on any atom is -0.308 e. The molecule has 1 saturated carbocycles. The molecule has 3 N–H and O–H groups in total. The fourth-order valence-electron chi connectivity index (χ4n) is 1.25. The van der Waals surface area contributed by atoms with Gasteiger partial charge in [-0.15, -0.1) is 0 Å². The van der Waals surface area contributed by atoms with Crippen LogP contribution in [0.2, 0.25) is 0 Å². The Morgan fingerprint density at radius 1 is 1.53 bits per heavy atom. The second-order valence-electron chi connectivity index (χ2n) is 3.48. The number of hydrogen-bond donors (Lipinski definition) is 2. The van der Waals surface area contributed by atoms with E-state index in [1.807, 2.05) is 0 Å². The number of nitrogens with zero attached hydrogens (tertiary/aromatic N) is 1. The van der Waals surface area contributed by atoms with E-state index in [9.17, 15) is 4.39 Å². The standard InChI is InChI=1S/C10H11BrFN3/c11-9-5-6(12)1-4-8(9)10(15-13)14-7-2-3-7/h1,4-5,7H,2-3,13H2,(H,14,15). The van der Waals surface area contributed by atoms with Crippen molar-refractivity contribution in [2.24, 2.45) is 10.8 Å². The third-order valence-corrected chi connectivity index (χ3v) is 2.84. The molecule has 1 fully saturated rings. The number of amidine groups is 1. The lowest BCUT2D eigenvalue weighted by molar-refractivity contribution is 0.627. The van der Waals surface area contributed by atoms with Crippen LogP contribution in [0.1, 0.15) is 18.4 Å². The summed E-state index contributed by atoms with van der Waals surface area (Å²) in [6.07, 6.45) is 2.20. The van der Waals surface area contributed by atoms with Gasteiger partial charge in [0.15, 0.2) is 0 Å². The normalized spacial score (nSPS) is 16.6. The number of nitrogens with one attached hydrogen (secondary N) is 1. The van der Waals surface area contributed by atoms with Gasteiger partial charge in [-0.05, 0) is 47.0 Å². The second kappa shape index (κ2) is 4.28. The maximum absolute atomic E-state index is 12.9. The Labute approximate surface area is 95.7 Å². The zero-order chi connectivity index (χ0) is 10.8. The van der Waals surface area contributed by atoms with Crippen LogP contribution in [0.4, 0.5) is 4.39 Å². The molecule has 2 rings (SSSR count). The topological polar surface area (TPSA) is 50.4 Å². The van der Waals surface area contributed by atoms with Gasteiger partial charge >= 0.3 is 0 Å². The molecule has 0 aromatic heterocycles. The van der Waals surface area contributed by atoms with E-state index in [4.69, 9.17) is 5.84 Å². The summed E-state index contributed by atoms with van der Waals surface area (Å²) in [5, 5.41) is 0. The number of aliphatic imine (C=N–C) groups is 1. The van der Waals surface area contributed by atoms with Crippen molar-refractivity contribution in [3.05, 3.63) is 34.1 Å². The van der Waals surface area contributed by atoms with Gasteiger partial charge in [0.1, 0.15) is 11.7 Å². The number of benzene rings is 1. The highest BCUT2D eigenvalue weighted by Crippen LogP contribution is 2.25. The van der Waals surface area contributed by atoms with Gasteiger partial charge in [0.2, 0.25) is 0 Å². The van der Waals surface area contributed by atoms with Gasteiger partial charge in [0, 0.05) is 10.0 Å². The van der Waals surface area contributed by atoms with Gasteiger partial charge in [-0.3, -0.25) is 4.99 Å². The van der Waals surface area contributed by atoms with Gasteiger partial charge in [-0.25, -0.2) is 10.2 Å². The second-order valence-corrected chi connectivity index (χ2v) is 4.33. The average Bonchev–Trinajstić information content (AvgIpc) is 2.99. The third kappa shape index (κ3) is 2.54. The molecule has 0 spiro atoms. The first-order valence-corrected chi connectivity index (χ1v) is 5.50. The minimum absolute atomic E-state index is 0.284. The molecule has 1 aliphatic carbocycles. The highest BCUT2D eigenvalue weighted by Gasteiger charge is 2.21. The number of hydrazine groups is 1. The number of hydrogen-bond acceptors (Lipinski definition) is 2. The average molecular weight is 272 g/mol. The zero-order valence-electron chi connectivity index (χ0n) is 8.00. The van der Waals surface area contributed by atoms with E-state index >= 15 is 0 Å². The molecule has 15 heavy (non-hydrogen) atoms. The van der Waals surface area contributed by atoms with Crippen molar-refractivity contribution >= 4 is 21.8 Å². The van der Waals surface area contributed by atoms with Crippen molar-refractivity contribution in [1.29, 1.82) is 0 Å². The number of rotatable bonds is 2. The van der Waals surface area contributed by atoms with Gasteiger partial charge in [-0.2, -0.15) is 0 Å². The smallest absolute Gasteiger partial charge is 0.143 e. The summed E-state index contributed by atoms with van der Waals surface area (Å²) in [5.41, 5.74) is 3.33. The maximum Gasteiger partial charge on any atom is 0.143 e. The Hall–Kier alpha value is -0.940. The molecule has 1 aliphatic rings. The molecule has 3 nitrogen and oxygen atoms in total. The molecule has 0 atom stereocenters. The Balaban J connectivity index is 2.33. The summed E-state index contributed by atoms with van der Waals surface area (Å²) in [7, 11) is 0. The van der Waals surface area contributed by atoms with Crippen LogP contribution in [-0.2, 0) is 0 Å². The predicted octanol–water partition coefficient (Wildman–Crippen LogP) is 1.96. The molecule has 0 amide bonds. The molecular weight excluding hydrogens is 261 g/mol. The Bertz CT molecular complexity index is 402. The van der Waals surface area contributed by atoms with Crippen LogP contribution in [0.3, 0.4) is 0 Å². The first-order valence-electron chi connectivity index (χ1n) is 4.70. The van der Waals surface area contributed by atoms with Crippen molar-refractivity contribution < 1.29 is 4.39 Å². The summed E-state index contributed by atoms with van der Waals surface area (Å²) in [6, 6.07) is 4.81. The Morgan fingerprint density at radius 3 is 2.80 bits per heavy atom. The molecule has 0 unspecified atom stereocenters. The van der Waals surface area contributed by atoms with Crippen LogP contribution in [0.5, 0.6) is 0 Å². The van der Waals surface area contributed by atoms with E-state index in [-0.39, 0.29) is 5.82 Å². The minimum atomic E-state index is -0.284. The van der Waals surface area contributed by atoms with Crippen molar-refractivity contribution in [3.63, 3.8) is 0 Å². The molecule has 0 bridgehead atoms. The lowest BCUT2D eigenvalue weighted by Gasteiger charge is -2.07. The summed E-state index contributed by atoms with van der Waals surface area (Å²) >= 11 is 3.28. The number of nitrogens with two attached hydrogens (primary N) is 1. The zero-order valence-corrected chi connectivity index (χ0v) is 9.59. The van der Waals surface area contributed by atoms with E-state index in [0.717, 1.165) is 18.4 Å². The van der Waals surface area contributed by atoms with E-state index in [1.54, 1.807) is 6.07 Å². The highest BCUT2D eigenvalue weighted by molar-refractivity contribution is 9.10. The summed E-state index contributed by atoms with van der Waals surface area (Å²) in [4.78, 5) is 4.40. The SMILES string of the molecule is NNC(=NC1CC1)c1ccc(F)cc1Br. The van der Waals surface area contributed by atoms with Crippen molar-refractivity contribution in [3.8, 4) is 0 Å². The highest BCUT2D eigenvalue weighted by atomic mass is 79.9. The van der Waals surface area contributed by atoms with E-state index < -0.39 is 0 Å². The molecule has 1 aromatic rings. The van der Waals surface area contributed by atoms with E-state index in [2.05, 4.69) is 26.3 Å². The number of halogens is 2. The van der Waals surface area contributed by atoms with Crippen LogP contribution < -0.4 is 11.3 Å². The first kappa shape index (κ1) is 10.6. The molecule has 80 valence electrons. The summed E-state index contributed by atoms with van der Waals surface area (Å²) in [6.45, 7) is 0. The van der Waals surface area contributed by atoms with Crippen molar-refractivity contribution in [2.75, 3.05) is 0 Å². The summed E-state index contributed by atoms with van der Waals surface area (Å²) in [5.74, 6) is 5.71. The van der Waals surface area contributed by atoms with Gasteiger partial charge in [0.25, 0.3) is 0 Å². The molecule has 0 radical (unpaired) electrons. The van der Waals surface area contributed by atoms with Crippen LogP contribution >= 0.6 is 15.9 Å². The Kier molecular flexibility index (Phi) is 3.02. The van der Waals surface area contributed by atoms with Crippen LogP contribution in [0.15, 0.2) is 27.7 Å². The van der Waals surface area contributed by atoms with Crippen molar-refractivity contribution in [2.45, 2.75) is 18.9 Å². The quantitative estimate of drug-likeness (QED) is 0.374. The lowest BCUT2D eigenvalue weighted by atomic mass is 10.2. The van der Waals surface area contributed by atoms with Crippen LogP contribution in [-0.4, -0.2) is 11.9 Å². The molecular formula is C10H11BrFN3. The molecule has 1 aromatic carbocycles. The summed E-state index contributed by atoms with van der Waals surface area (Å²) < 4.78 is 13.5. The van der Waals surface area contributed by atoms with Crippen LogP contribution in [0.25, 0.3) is 0 Å². The van der Waals surface area contributed by atoms with E-state index in [1.165, 1.54) is 12.1 Å². The fourth-order valence-corrected chi connectivity index (χ4v) is 1.79. The monoisotopic (exact) mass is 271 g/mol. The maximum atomic E-state index is 12.9.